The number of rotatable bonds is 3. The maximum absolute atomic E-state index is 11.5. The fourth-order valence-corrected chi connectivity index (χ4v) is 1.27. The third-order valence-corrected chi connectivity index (χ3v) is 1.87. The average Bonchev–Trinajstić information content (AvgIpc) is 2.19. The van der Waals surface area contributed by atoms with Crippen LogP contribution in [0.5, 0.6) is 0 Å². The lowest BCUT2D eigenvalue weighted by Crippen LogP contribution is -2.38. The number of hydrogen-bond donors (Lipinski definition) is 1. The Morgan fingerprint density at radius 1 is 1.40 bits per heavy atom. The van der Waals surface area contributed by atoms with Gasteiger partial charge in [-0.3, -0.25) is 0 Å². The van der Waals surface area contributed by atoms with E-state index in [0.29, 0.717) is 6.61 Å². The molecule has 2 N–H and O–H groups in total. The number of carbonyl (C=O) groups is 1. The molecule has 0 aliphatic carbocycles. The summed E-state index contributed by atoms with van der Waals surface area (Å²) < 4.78 is 6.40. The van der Waals surface area contributed by atoms with Crippen molar-refractivity contribution in [1.82, 2.24) is 0 Å². The molecule has 0 aromatic carbocycles. The zero-order chi connectivity index (χ0) is 11.3. The van der Waals surface area contributed by atoms with Crippen LogP contribution in [0.2, 0.25) is 0 Å². The number of carbonyl (C=O) groups excluding carboxylic acids is 1. The normalized spacial score (nSPS) is 11.8. The zero-order valence-corrected chi connectivity index (χ0v) is 9.16. The van der Waals surface area contributed by atoms with Gasteiger partial charge in [0.25, 0.3) is 5.70 Å². The second kappa shape index (κ2) is 5.31. The van der Waals surface area contributed by atoms with E-state index in [-0.39, 0.29) is 10.7 Å². The molecule has 0 amide bonds. The Morgan fingerprint density at radius 3 is 2.47 bits per heavy atom. The molecule has 15 heavy (non-hydrogen) atoms. The lowest BCUT2D eigenvalue weighted by Gasteiger charge is -2.08. The zero-order valence-electron chi connectivity index (χ0n) is 8.34. The van der Waals surface area contributed by atoms with E-state index in [1.807, 2.05) is 6.07 Å². The van der Waals surface area contributed by atoms with Crippen molar-refractivity contribution in [3.05, 3.63) is 35.6 Å². The van der Waals surface area contributed by atoms with E-state index in [1.165, 1.54) is 0 Å². The predicted octanol–water partition coefficient (Wildman–Crippen LogP) is 0.169. The van der Waals surface area contributed by atoms with E-state index in [4.69, 9.17) is 23.1 Å². The van der Waals surface area contributed by atoms with Crippen molar-refractivity contribution >= 4 is 24.3 Å². The summed E-state index contributed by atoms with van der Waals surface area (Å²) in [6, 6.07) is 5.38. The van der Waals surface area contributed by atoms with Crippen LogP contribution in [0.25, 0.3) is 5.70 Å². The Labute approximate surface area is 93.8 Å². The van der Waals surface area contributed by atoms with Gasteiger partial charge in [-0.25, -0.2) is 4.79 Å². The van der Waals surface area contributed by atoms with Crippen molar-refractivity contribution in [2.24, 2.45) is 5.73 Å². The first-order valence-electron chi connectivity index (χ1n) is 4.47. The lowest BCUT2D eigenvalue weighted by molar-refractivity contribution is -0.578. The monoisotopic (exact) mass is 224 g/mol. The molecule has 0 saturated heterocycles. The largest absolute Gasteiger partial charge is 0.756 e. The van der Waals surface area contributed by atoms with Crippen molar-refractivity contribution in [2.75, 3.05) is 6.61 Å². The average molecular weight is 224 g/mol. The Hall–Kier alpha value is -1.62. The molecule has 0 radical (unpaired) electrons. The van der Waals surface area contributed by atoms with Crippen LogP contribution in [0, 0.1) is 0 Å². The van der Waals surface area contributed by atoms with Gasteiger partial charge >= 0.3 is 5.97 Å². The topological polar surface area (TPSA) is 56.2 Å². The first-order valence-corrected chi connectivity index (χ1v) is 4.88. The minimum atomic E-state index is -0.513. The van der Waals surface area contributed by atoms with E-state index in [0.717, 1.165) is 0 Å². The van der Waals surface area contributed by atoms with Gasteiger partial charge in [-0.1, -0.05) is 6.07 Å². The highest BCUT2D eigenvalue weighted by Gasteiger charge is 2.20. The molecule has 1 heterocycles. The number of aromatic nitrogens is 1. The number of esters is 1. The summed E-state index contributed by atoms with van der Waals surface area (Å²) in [4.78, 5) is 11.5. The Kier molecular flexibility index (Phi) is 4.05. The van der Waals surface area contributed by atoms with Gasteiger partial charge in [-0.15, -0.1) is 0 Å². The minimum Gasteiger partial charge on any atom is -0.756 e. The number of nitrogens with two attached hydrogens (primary N) is 1. The summed E-state index contributed by atoms with van der Waals surface area (Å²) in [6.45, 7) is 2.02. The third kappa shape index (κ3) is 2.92. The summed E-state index contributed by atoms with van der Waals surface area (Å²) in [5.41, 5.74) is 5.65. The summed E-state index contributed by atoms with van der Waals surface area (Å²) in [6.07, 6.45) is 3.37. The molecule has 0 bridgehead atoms. The SMILES string of the molecule is CCOC(=O)/C(=C(/N)[S-])[n+]1ccccc1. The first kappa shape index (κ1) is 11.5. The maximum atomic E-state index is 11.5. The van der Waals surface area contributed by atoms with Gasteiger partial charge in [0.1, 0.15) is 0 Å². The van der Waals surface area contributed by atoms with E-state index in [2.05, 4.69) is 0 Å². The van der Waals surface area contributed by atoms with Gasteiger partial charge < -0.3 is 23.1 Å². The van der Waals surface area contributed by atoms with E-state index >= 15 is 0 Å². The Bertz CT molecular complexity index is 372. The quantitative estimate of drug-likeness (QED) is 0.344. The van der Waals surface area contributed by atoms with Gasteiger partial charge in [-0.05, 0) is 12.0 Å². The molecule has 80 valence electrons. The smallest absolute Gasteiger partial charge is 0.404 e. The second-order valence-corrected chi connectivity index (χ2v) is 3.16. The van der Waals surface area contributed by atoms with Gasteiger partial charge in [-0.2, -0.15) is 4.57 Å². The van der Waals surface area contributed by atoms with Gasteiger partial charge in [0.15, 0.2) is 12.4 Å². The van der Waals surface area contributed by atoms with Crippen LogP contribution >= 0.6 is 0 Å². The first-order chi connectivity index (χ1) is 7.16. The standard InChI is InChI=1S/C10H12N2O2S/c1-2-14-10(13)8(9(11)15)12-6-4-3-5-7-12/h3-7H,2H2,1H3,(H2-,11,13,15). The maximum Gasteiger partial charge on any atom is 0.404 e. The van der Waals surface area contributed by atoms with Gasteiger partial charge in [0.05, 0.1) is 6.61 Å². The van der Waals surface area contributed by atoms with E-state index < -0.39 is 5.97 Å². The van der Waals surface area contributed by atoms with Gasteiger partial charge in [0.2, 0.25) is 0 Å². The third-order valence-electron chi connectivity index (χ3n) is 1.68. The van der Waals surface area contributed by atoms with Crippen molar-refractivity contribution < 1.29 is 14.1 Å². The summed E-state index contributed by atoms with van der Waals surface area (Å²) >= 11 is 4.81. The molecule has 0 unspecified atom stereocenters. The molecule has 1 aromatic rings. The Balaban J connectivity index is 3.06. The van der Waals surface area contributed by atoms with Crippen LogP contribution in [-0.4, -0.2) is 12.6 Å². The van der Waals surface area contributed by atoms with Crippen molar-refractivity contribution in [3.63, 3.8) is 0 Å². The van der Waals surface area contributed by atoms with E-state index in [9.17, 15) is 4.79 Å². The molecule has 0 atom stereocenters. The second-order valence-electron chi connectivity index (χ2n) is 2.72. The highest BCUT2D eigenvalue weighted by Crippen LogP contribution is 2.00. The molecule has 0 aliphatic heterocycles. The van der Waals surface area contributed by atoms with Crippen LogP contribution in [0.4, 0.5) is 0 Å². The minimum absolute atomic E-state index is 0.0182. The number of hydrogen-bond acceptors (Lipinski definition) is 4. The van der Waals surface area contributed by atoms with Crippen LogP contribution in [0.1, 0.15) is 6.92 Å². The van der Waals surface area contributed by atoms with Crippen molar-refractivity contribution in [1.29, 1.82) is 0 Å². The molecule has 0 saturated carbocycles. The molecular weight excluding hydrogens is 212 g/mol. The molecule has 0 fully saturated rings. The van der Waals surface area contributed by atoms with Crippen LogP contribution in [-0.2, 0) is 22.2 Å². The fraction of sp³-hybridized carbons (Fsp3) is 0.200. The highest BCUT2D eigenvalue weighted by molar-refractivity contribution is 7.63. The fourth-order valence-electron chi connectivity index (χ4n) is 1.08. The molecule has 1 rings (SSSR count). The summed E-state index contributed by atoms with van der Waals surface area (Å²) in [7, 11) is 0. The number of ether oxygens (including phenoxy) is 1. The molecule has 5 heteroatoms. The number of pyridine rings is 1. The number of nitrogens with zero attached hydrogens (tertiary/aromatic N) is 1. The van der Waals surface area contributed by atoms with Crippen molar-refractivity contribution in [3.8, 4) is 0 Å². The Morgan fingerprint density at radius 2 is 2.00 bits per heavy atom. The predicted molar refractivity (Wildman–Crippen MR) is 58.0 cm³/mol. The van der Waals surface area contributed by atoms with Crippen LogP contribution < -0.4 is 10.3 Å². The molecule has 1 aromatic heterocycles. The van der Waals surface area contributed by atoms with Crippen LogP contribution in [0.3, 0.4) is 0 Å². The highest BCUT2D eigenvalue weighted by atomic mass is 32.1. The summed E-state index contributed by atoms with van der Waals surface area (Å²) in [5.74, 6) is -0.513. The molecular formula is C10H12N2O2S. The van der Waals surface area contributed by atoms with Crippen molar-refractivity contribution in [2.45, 2.75) is 6.92 Å². The lowest BCUT2D eigenvalue weighted by atomic mass is 10.4. The van der Waals surface area contributed by atoms with Crippen LogP contribution in [0.15, 0.2) is 35.6 Å². The van der Waals surface area contributed by atoms with Gasteiger partial charge in [0, 0.05) is 12.1 Å². The van der Waals surface area contributed by atoms with E-state index in [1.54, 1.807) is 36.0 Å². The molecule has 0 aliphatic rings. The molecule has 4 nitrogen and oxygen atoms in total. The molecule has 0 spiro atoms. The summed E-state index contributed by atoms with van der Waals surface area (Å²) in [5, 5.41) is 0.0182.